The third kappa shape index (κ3) is 17.2. The predicted molar refractivity (Wildman–Crippen MR) is 88.6 cm³/mol. The minimum absolute atomic E-state index is 0.157. The predicted octanol–water partition coefficient (Wildman–Crippen LogP) is 5.51. The van der Waals surface area contributed by atoms with Crippen LogP contribution in [0.3, 0.4) is 0 Å². The maximum atomic E-state index is 10.6. The Kier molecular flexibility index (Phi) is 15.6. The summed E-state index contributed by atoms with van der Waals surface area (Å²) < 4.78 is 0. The lowest BCUT2D eigenvalue weighted by atomic mass is 10.0. The largest absolute Gasteiger partial charge is 0.370 e. The van der Waals surface area contributed by atoms with Crippen molar-refractivity contribution in [2.24, 2.45) is 5.73 Å². The number of amides is 1. The number of unbranched alkanes of at least 4 members (excludes halogenated alkanes) is 11. The molecule has 0 aromatic heterocycles. The molecule has 0 spiro atoms. The average Bonchev–Trinajstić information content (AvgIpc) is 2.43. The fraction of sp³-hybridized carbons (Fsp3) is 0.833. The van der Waals surface area contributed by atoms with Crippen molar-refractivity contribution in [2.75, 3.05) is 0 Å². The van der Waals surface area contributed by atoms with E-state index >= 15 is 0 Å². The fourth-order valence-corrected chi connectivity index (χ4v) is 2.44. The second-order valence-electron chi connectivity index (χ2n) is 5.77. The molecule has 0 saturated heterocycles. The van der Waals surface area contributed by atoms with Gasteiger partial charge in [0.05, 0.1) is 0 Å². The van der Waals surface area contributed by atoms with Crippen LogP contribution >= 0.6 is 0 Å². The molecule has 0 heterocycles. The van der Waals surface area contributed by atoms with E-state index in [0.717, 1.165) is 12.8 Å². The quantitative estimate of drug-likeness (QED) is 0.312. The van der Waals surface area contributed by atoms with Crippen molar-refractivity contribution < 1.29 is 4.79 Å². The van der Waals surface area contributed by atoms with Crippen molar-refractivity contribution in [3.63, 3.8) is 0 Å². The topological polar surface area (TPSA) is 43.1 Å². The molecule has 0 fully saturated rings. The zero-order valence-electron chi connectivity index (χ0n) is 13.5. The number of carbonyl (C=O) groups excluding carboxylic acids is 1. The molecule has 2 heteroatoms. The number of nitrogens with two attached hydrogens (primary N) is 1. The van der Waals surface area contributed by atoms with Gasteiger partial charge in [0.25, 0.3) is 0 Å². The molecule has 118 valence electrons. The maximum Gasteiger partial charge on any atom is 0.217 e. The highest BCUT2D eigenvalue weighted by atomic mass is 16.1. The summed E-state index contributed by atoms with van der Waals surface area (Å²) in [6.45, 7) is 2.19. The molecular formula is C18H35NO. The summed E-state index contributed by atoms with van der Waals surface area (Å²) in [6, 6.07) is 0. The molecule has 0 atom stereocenters. The number of hydrogen-bond donors (Lipinski definition) is 1. The molecule has 0 aliphatic carbocycles. The van der Waals surface area contributed by atoms with E-state index in [4.69, 9.17) is 5.73 Å². The van der Waals surface area contributed by atoms with E-state index in [-0.39, 0.29) is 5.91 Å². The van der Waals surface area contributed by atoms with Gasteiger partial charge in [-0.25, -0.2) is 0 Å². The minimum Gasteiger partial charge on any atom is -0.370 e. The molecule has 0 aromatic rings. The van der Waals surface area contributed by atoms with Crippen LogP contribution in [0.1, 0.15) is 96.8 Å². The highest BCUT2D eigenvalue weighted by Gasteiger charge is 1.95. The van der Waals surface area contributed by atoms with Crippen LogP contribution in [0.4, 0.5) is 0 Å². The highest BCUT2D eigenvalue weighted by Crippen LogP contribution is 2.12. The third-order valence-corrected chi connectivity index (χ3v) is 3.70. The Morgan fingerprint density at radius 3 is 1.65 bits per heavy atom. The number of rotatable bonds is 15. The SMILES string of the molecule is CC/C=C\CCCCCCCCCCCCCC(N)=O. The molecule has 0 bridgehead atoms. The Hall–Kier alpha value is -0.790. The van der Waals surface area contributed by atoms with Gasteiger partial charge in [0.2, 0.25) is 5.91 Å². The molecule has 20 heavy (non-hydrogen) atoms. The van der Waals surface area contributed by atoms with Gasteiger partial charge in [0, 0.05) is 6.42 Å². The summed E-state index contributed by atoms with van der Waals surface area (Å²) in [5.74, 6) is -0.157. The number of primary amides is 1. The van der Waals surface area contributed by atoms with Gasteiger partial charge in [-0.05, 0) is 25.7 Å². The van der Waals surface area contributed by atoms with Gasteiger partial charge in [-0.3, -0.25) is 4.79 Å². The van der Waals surface area contributed by atoms with Gasteiger partial charge >= 0.3 is 0 Å². The Labute approximate surface area is 126 Å². The zero-order valence-corrected chi connectivity index (χ0v) is 13.5. The van der Waals surface area contributed by atoms with E-state index in [1.165, 1.54) is 70.6 Å². The molecule has 2 N–H and O–H groups in total. The lowest BCUT2D eigenvalue weighted by molar-refractivity contribution is -0.118. The van der Waals surface area contributed by atoms with Crippen molar-refractivity contribution in [2.45, 2.75) is 96.8 Å². The van der Waals surface area contributed by atoms with Crippen LogP contribution in [0.15, 0.2) is 12.2 Å². The molecular weight excluding hydrogens is 246 g/mol. The van der Waals surface area contributed by atoms with Crippen molar-refractivity contribution in [3.8, 4) is 0 Å². The van der Waals surface area contributed by atoms with E-state index in [9.17, 15) is 4.79 Å². The van der Waals surface area contributed by atoms with Crippen LogP contribution in [-0.2, 0) is 4.79 Å². The molecule has 0 saturated carbocycles. The van der Waals surface area contributed by atoms with E-state index in [1.807, 2.05) is 0 Å². The standard InChI is InChI=1S/C18H35NO/c1-2-3-4-5-6-7-8-9-10-11-12-13-14-15-16-17-18(19)20/h3-4H,2,5-17H2,1H3,(H2,19,20)/b4-3-. The van der Waals surface area contributed by atoms with Crippen molar-refractivity contribution in [3.05, 3.63) is 12.2 Å². The lowest BCUT2D eigenvalue weighted by Crippen LogP contribution is -2.09. The first-order valence-electron chi connectivity index (χ1n) is 8.70. The molecule has 1 amide bonds. The van der Waals surface area contributed by atoms with Crippen molar-refractivity contribution in [1.29, 1.82) is 0 Å². The maximum absolute atomic E-state index is 10.6. The summed E-state index contributed by atoms with van der Waals surface area (Å²) in [5, 5.41) is 0. The highest BCUT2D eigenvalue weighted by molar-refractivity contribution is 5.73. The van der Waals surface area contributed by atoms with Crippen LogP contribution in [0.5, 0.6) is 0 Å². The number of allylic oxidation sites excluding steroid dienone is 2. The fourth-order valence-electron chi connectivity index (χ4n) is 2.44. The molecule has 0 aliphatic heterocycles. The summed E-state index contributed by atoms with van der Waals surface area (Å²) in [5.41, 5.74) is 5.10. The molecule has 0 aromatic carbocycles. The van der Waals surface area contributed by atoms with Crippen molar-refractivity contribution in [1.82, 2.24) is 0 Å². The van der Waals surface area contributed by atoms with Crippen LogP contribution < -0.4 is 5.73 Å². The Morgan fingerprint density at radius 1 is 0.750 bits per heavy atom. The molecule has 0 unspecified atom stereocenters. The van der Waals surface area contributed by atoms with Crippen LogP contribution in [-0.4, -0.2) is 5.91 Å². The number of carbonyl (C=O) groups is 1. The summed E-state index contributed by atoms with van der Waals surface area (Å²) in [4.78, 5) is 10.6. The smallest absolute Gasteiger partial charge is 0.217 e. The van der Waals surface area contributed by atoms with Gasteiger partial charge in [0.1, 0.15) is 0 Å². The monoisotopic (exact) mass is 281 g/mol. The average molecular weight is 281 g/mol. The first kappa shape index (κ1) is 19.2. The van der Waals surface area contributed by atoms with Crippen LogP contribution in [0.2, 0.25) is 0 Å². The first-order chi connectivity index (χ1) is 9.77. The summed E-state index contributed by atoms with van der Waals surface area (Å²) >= 11 is 0. The minimum atomic E-state index is -0.157. The Bertz CT molecular complexity index is 236. The van der Waals surface area contributed by atoms with Gasteiger partial charge < -0.3 is 5.73 Å². The van der Waals surface area contributed by atoms with Crippen molar-refractivity contribution >= 4 is 5.91 Å². The molecule has 0 rings (SSSR count). The third-order valence-electron chi connectivity index (χ3n) is 3.70. The Balaban J connectivity index is 2.99. The summed E-state index contributed by atoms with van der Waals surface area (Å²) in [6.07, 6.45) is 22.0. The van der Waals surface area contributed by atoms with E-state index < -0.39 is 0 Å². The normalized spacial score (nSPS) is 11.2. The second kappa shape index (κ2) is 16.3. The van der Waals surface area contributed by atoms with E-state index in [0.29, 0.717) is 6.42 Å². The van der Waals surface area contributed by atoms with Gasteiger partial charge in [-0.1, -0.05) is 76.9 Å². The van der Waals surface area contributed by atoms with E-state index in [1.54, 1.807) is 0 Å². The van der Waals surface area contributed by atoms with E-state index in [2.05, 4.69) is 19.1 Å². The molecule has 2 nitrogen and oxygen atoms in total. The van der Waals surface area contributed by atoms with Gasteiger partial charge in [-0.2, -0.15) is 0 Å². The van der Waals surface area contributed by atoms with Gasteiger partial charge in [0.15, 0.2) is 0 Å². The second-order valence-corrected chi connectivity index (χ2v) is 5.77. The van der Waals surface area contributed by atoms with Crippen LogP contribution in [0, 0.1) is 0 Å². The van der Waals surface area contributed by atoms with Crippen LogP contribution in [0.25, 0.3) is 0 Å². The lowest BCUT2D eigenvalue weighted by Gasteiger charge is -2.02. The van der Waals surface area contributed by atoms with Gasteiger partial charge in [-0.15, -0.1) is 0 Å². The summed E-state index contributed by atoms with van der Waals surface area (Å²) in [7, 11) is 0. The number of hydrogen-bond acceptors (Lipinski definition) is 1. The molecule has 0 radical (unpaired) electrons. The zero-order chi connectivity index (χ0) is 14.9. The Morgan fingerprint density at radius 2 is 1.20 bits per heavy atom. The first-order valence-corrected chi connectivity index (χ1v) is 8.70. The molecule has 0 aliphatic rings.